The topological polar surface area (TPSA) is 21.3 Å². The Balaban J connectivity index is 1.17. The predicted octanol–water partition coefficient (Wildman–Crippen LogP) is 15.2. The van der Waals surface area contributed by atoms with Gasteiger partial charge in [-0.2, -0.15) is 0 Å². The fourth-order valence-electron chi connectivity index (χ4n) is 8.61. The summed E-state index contributed by atoms with van der Waals surface area (Å²) >= 11 is 0. The Morgan fingerprint density at radius 2 is 0.895 bits per heavy atom. The molecule has 0 spiro atoms. The van der Waals surface area contributed by atoms with E-state index in [1.165, 1.54) is 32.9 Å². The maximum absolute atomic E-state index is 6.84. The van der Waals surface area contributed by atoms with E-state index < -0.39 is 0 Å². The molecule has 2 heterocycles. The van der Waals surface area contributed by atoms with Gasteiger partial charge in [0.1, 0.15) is 11.2 Å². The van der Waals surface area contributed by atoms with Gasteiger partial charge >= 0.3 is 0 Å². The normalized spacial score (nSPS) is 11.5. The van der Waals surface area contributed by atoms with E-state index in [1.54, 1.807) is 0 Å². The van der Waals surface area contributed by atoms with Crippen LogP contribution >= 0.6 is 0 Å². The van der Waals surface area contributed by atoms with Crippen LogP contribution in [0.5, 0.6) is 0 Å². The van der Waals surface area contributed by atoms with Gasteiger partial charge < -0.3 is 13.9 Å². The van der Waals surface area contributed by atoms with Crippen LogP contribution in [0.25, 0.3) is 82.8 Å². The highest BCUT2D eigenvalue weighted by Gasteiger charge is 2.24. The number of fused-ring (bicyclic) bond motifs is 6. The number of anilines is 3. The van der Waals surface area contributed by atoms with Crippen LogP contribution < -0.4 is 4.90 Å². The van der Waals surface area contributed by atoms with Crippen molar-refractivity contribution in [3.8, 4) is 39.1 Å². The van der Waals surface area contributed by atoms with Crippen LogP contribution in [0.4, 0.5) is 17.1 Å². The Bertz CT molecular complexity index is 3180. The summed E-state index contributed by atoms with van der Waals surface area (Å²) in [6, 6.07) is 78.1. The fourth-order valence-corrected chi connectivity index (χ4v) is 8.61. The second kappa shape index (κ2) is 13.6. The van der Waals surface area contributed by atoms with Crippen LogP contribution in [-0.4, -0.2) is 4.57 Å². The quantitative estimate of drug-likeness (QED) is 0.163. The highest BCUT2D eigenvalue weighted by atomic mass is 16.3. The molecule has 9 aromatic carbocycles. The van der Waals surface area contributed by atoms with E-state index in [-0.39, 0.29) is 0 Å². The van der Waals surface area contributed by atoms with Crippen molar-refractivity contribution in [1.82, 2.24) is 4.57 Å². The Morgan fingerprint density at radius 3 is 1.63 bits per heavy atom. The summed E-state index contributed by atoms with van der Waals surface area (Å²) in [6.45, 7) is 0. The second-order valence-corrected chi connectivity index (χ2v) is 14.5. The molecule has 0 bridgehead atoms. The molecule has 0 aliphatic heterocycles. The zero-order valence-electron chi connectivity index (χ0n) is 31.1. The van der Waals surface area contributed by atoms with Crippen LogP contribution in [0.3, 0.4) is 0 Å². The highest BCUT2D eigenvalue weighted by Crippen LogP contribution is 2.47. The minimum absolute atomic E-state index is 0.866. The number of benzene rings is 9. The van der Waals surface area contributed by atoms with Gasteiger partial charge in [-0.1, -0.05) is 164 Å². The third-order valence-corrected chi connectivity index (χ3v) is 11.2. The molecule has 0 atom stereocenters. The summed E-state index contributed by atoms with van der Waals surface area (Å²) in [6.07, 6.45) is 0. The first-order chi connectivity index (χ1) is 28.3. The largest absolute Gasteiger partial charge is 0.455 e. The maximum Gasteiger partial charge on any atom is 0.143 e. The molecule has 0 amide bonds. The van der Waals surface area contributed by atoms with Crippen molar-refractivity contribution in [3.63, 3.8) is 0 Å². The first-order valence-corrected chi connectivity index (χ1v) is 19.4. The number of para-hydroxylation sites is 6. The highest BCUT2D eigenvalue weighted by molar-refractivity contribution is 6.14. The zero-order chi connectivity index (χ0) is 37.7. The van der Waals surface area contributed by atoms with Crippen molar-refractivity contribution in [1.29, 1.82) is 0 Å². The van der Waals surface area contributed by atoms with Crippen LogP contribution in [0, 0.1) is 0 Å². The molecule has 3 nitrogen and oxygen atoms in total. The Hall–Kier alpha value is -7.62. The van der Waals surface area contributed by atoms with Gasteiger partial charge in [-0.3, -0.25) is 0 Å². The van der Waals surface area contributed by atoms with Gasteiger partial charge in [0, 0.05) is 49.6 Å². The third kappa shape index (κ3) is 5.51. The number of nitrogens with zero attached hydrogens (tertiary/aromatic N) is 2. The summed E-state index contributed by atoms with van der Waals surface area (Å²) < 4.78 is 9.25. The van der Waals surface area contributed by atoms with Crippen molar-refractivity contribution < 1.29 is 4.42 Å². The van der Waals surface area contributed by atoms with Crippen molar-refractivity contribution >= 4 is 60.8 Å². The van der Waals surface area contributed by atoms with Crippen LogP contribution in [-0.2, 0) is 0 Å². The van der Waals surface area contributed by atoms with Gasteiger partial charge in [0.25, 0.3) is 0 Å². The molecule has 2 aromatic heterocycles. The summed E-state index contributed by atoms with van der Waals surface area (Å²) in [5, 5.41) is 4.62. The fraction of sp³-hybridized carbons (Fsp3) is 0. The monoisotopic (exact) mass is 728 g/mol. The van der Waals surface area contributed by atoms with Crippen molar-refractivity contribution in [2.75, 3.05) is 4.90 Å². The lowest BCUT2D eigenvalue weighted by Gasteiger charge is -2.28. The number of hydrogen-bond donors (Lipinski definition) is 0. The molecule has 0 aliphatic carbocycles. The predicted molar refractivity (Wildman–Crippen MR) is 239 cm³/mol. The molecule has 0 saturated heterocycles. The minimum Gasteiger partial charge on any atom is -0.455 e. The summed E-state index contributed by atoms with van der Waals surface area (Å²) in [7, 11) is 0. The van der Waals surface area contributed by atoms with Crippen molar-refractivity contribution in [2.45, 2.75) is 0 Å². The average molecular weight is 729 g/mol. The third-order valence-electron chi connectivity index (χ3n) is 11.2. The first kappa shape index (κ1) is 32.8. The molecule has 0 N–H and O–H groups in total. The molecule has 0 saturated carbocycles. The Morgan fingerprint density at radius 1 is 0.351 bits per heavy atom. The number of furan rings is 1. The van der Waals surface area contributed by atoms with E-state index in [4.69, 9.17) is 4.42 Å². The SMILES string of the molecule is c1ccc(-c2ccc(-c3ccccc3N(c3ccccc3)c3cc(-c4ccccc4-n4c5ccccc5c5ccccc54)c4oc5ccccc5c4c3)cc2)cc1. The number of rotatable bonds is 7. The summed E-state index contributed by atoms with van der Waals surface area (Å²) in [5.41, 5.74) is 15.2. The number of hydrogen-bond acceptors (Lipinski definition) is 2. The van der Waals surface area contributed by atoms with Gasteiger partial charge in [-0.15, -0.1) is 0 Å². The smallest absolute Gasteiger partial charge is 0.143 e. The van der Waals surface area contributed by atoms with Crippen LogP contribution in [0.1, 0.15) is 0 Å². The summed E-state index contributed by atoms with van der Waals surface area (Å²) in [5.74, 6) is 0. The zero-order valence-corrected chi connectivity index (χ0v) is 31.1. The van der Waals surface area contributed by atoms with E-state index in [1.807, 2.05) is 6.07 Å². The van der Waals surface area contributed by atoms with E-state index in [2.05, 4.69) is 222 Å². The molecule has 57 heavy (non-hydrogen) atoms. The lowest BCUT2D eigenvalue weighted by molar-refractivity contribution is 0.670. The first-order valence-electron chi connectivity index (χ1n) is 19.4. The minimum atomic E-state index is 0.866. The lowest BCUT2D eigenvalue weighted by Crippen LogP contribution is -2.11. The van der Waals surface area contributed by atoms with E-state index in [0.717, 1.165) is 66.9 Å². The van der Waals surface area contributed by atoms with Crippen LogP contribution in [0.15, 0.2) is 223 Å². The molecule has 3 heteroatoms. The molecule has 11 aromatic rings. The van der Waals surface area contributed by atoms with Gasteiger partial charge in [0.2, 0.25) is 0 Å². The molecule has 0 unspecified atom stereocenters. The Labute approximate surface area is 330 Å². The van der Waals surface area contributed by atoms with Crippen molar-refractivity contribution in [2.24, 2.45) is 0 Å². The van der Waals surface area contributed by atoms with Crippen molar-refractivity contribution in [3.05, 3.63) is 218 Å². The molecule has 0 fully saturated rings. The van der Waals surface area contributed by atoms with E-state index in [9.17, 15) is 0 Å². The molecule has 0 aliphatic rings. The molecular weight excluding hydrogens is 693 g/mol. The Kier molecular flexibility index (Phi) is 7.82. The summed E-state index contributed by atoms with van der Waals surface area (Å²) in [4.78, 5) is 2.40. The molecule has 0 radical (unpaired) electrons. The second-order valence-electron chi connectivity index (χ2n) is 14.5. The standard InChI is InChI=1S/C54H36N2O/c1-3-17-37(18-4-1)38-31-33-39(34-32-38)42-21-7-12-26-49(42)55(40-19-5-2-6-20-40)41-35-47(54-48(36-41)46-25-11-16-30-53(46)57-54)45-24-10-15-29-52(45)56-50-27-13-8-22-43(50)44-23-9-14-28-51(44)56/h1-36H. The molecular formula is C54H36N2O. The van der Waals surface area contributed by atoms with E-state index >= 15 is 0 Å². The average Bonchev–Trinajstić information content (AvgIpc) is 3.83. The van der Waals surface area contributed by atoms with Gasteiger partial charge in [-0.25, -0.2) is 0 Å². The van der Waals surface area contributed by atoms with E-state index in [0.29, 0.717) is 0 Å². The molecule has 11 rings (SSSR count). The van der Waals surface area contributed by atoms with Gasteiger partial charge in [-0.05, 0) is 71.3 Å². The van der Waals surface area contributed by atoms with Gasteiger partial charge in [0.05, 0.1) is 22.4 Å². The lowest BCUT2D eigenvalue weighted by atomic mass is 9.96. The maximum atomic E-state index is 6.84. The molecule has 268 valence electrons. The van der Waals surface area contributed by atoms with Gasteiger partial charge in [0.15, 0.2) is 0 Å². The number of aromatic nitrogens is 1. The van der Waals surface area contributed by atoms with Crippen LogP contribution in [0.2, 0.25) is 0 Å².